The van der Waals surface area contributed by atoms with E-state index in [2.05, 4.69) is 4.98 Å². The number of rotatable bonds is 1. The number of fused-ring (bicyclic) bond motifs is 1. The summed E-state index contributed by atoms with van der Waals surface area (Å²) >= 11 is 5.92. The second-order valence-corrected chi connectivity index (χ2v) is 3.51. The first-order chi connectivity index (χ1) is 6.59. The number of nitrogens with zero attached hydrogens (tertiary/aromatic N) is 2. The summed E-state index contributed by atoms with van der Waals surface area (Å²) in [5, 5.41) is 18.4. The van der Waals surface area contributed by atoms with Gasteiger partial charge in [0.25, 0.3) is 0 Å². The molecule has 2 rings (SSSR count). The van der Waals surface area contributed by atoms with Crippen LogP contribution in [0.15, 0.2) is 18.5 Å². The Kier molecular flexibility index (Phi) is 2.22. The van der Waals surface area contributed by atoms with Crippen LogP contribution in [0.25, 0.3) is 11.0 Å². The van der Waals surface area contributed by atoms with E-state index in [1.54, 1.807) is 17.0 Å². The standard InChI is InChI=1S/C8H8BClN2O2/c1-12-4-11-8-6(10)2-5(9(13)14)3-7(8)12/h2-4,13-14H,1H3. The van der Waals surface area contributed by atoms with Gasteiger partial charge in [-0.2, -0.15) is 0 Å². The molecule has 0 unspecified atom stereocenters. The molecule has 2 N–H and O–H groups in total. The molecule has 0 atom stereocenters. The van der Waals surface area contributed by atoms with Crippen LogP contribution in [0.3, 0.4) is 0 Å². The van der Waals surface area contributed by atoms with E-state index in [1.165, 1.54) is 6.07 Å². The lowest BCUT2D eigenvalue weighted by molar-refractivity contribution is 0.426. The molecule has 0 spiro atoms. The zero-order valence-corrected chi connectivity index (χ0v) is 8.23. The molecule has 0 aliphatic heterocycles. The molecule has 2 aromatic rings. The molecule has 0 saturated heterocycles. The Morgan fingerprint density at radius 3 is 2.79 bits per heavy atom. The van der Waals surface area contributed by atoms with Crippen LogP contribution in [-0.4, -0.2) is 26.7 Å². The maximum absolute atomic E-state index is 9.00. The van der Waals surface area contributed by atoms with Crippen molar-refractivity contribution in [3.8, 4) is 0 Å². The van der Waals surface area contributed by atoms with Crippen molar-refractivity contribution >= 4 is 35.2 Å². The molecular weight excluding hydrogens is 202 g/mol. The van der Waals surface area contributed by atoms with Crippen molar-refractivity contribution < 1.29 is 10.0 Å². The van der Waals surface area contributed by atoms with Crippen LogP contribution >= 0.6 is 11.6 Å². The summed E-state index contributed by atoms with van der Waals surface area (Å²) in [6, 6.07) is 3.15. The molecule has 14 heavy (non-hydrogen) atoms. The highest BCUT2D eigenvalue weighted by molar-refractivity contribution is 6.59. The van der Waals surface area contributed by atoms with Crippen LogP contribution in [0.5, 0.6) is 0 Å². The molecule has 1 aromatic carbocycles. The highest BCUT2D eigenvalue weighted by atomic mass is 35.5. The Hall–Kier alpha value is -1.04. The Labute approximate surface area is 85.9 Å². The molecule has 0 saturated carbocycles. The fourth-order valence-corrected chi connectivity index (χ4v) is 1.63. The van der Waals surface area contributed by atoms with Gasteiger partial charge < -0.3 is 14.6 Å². The number of halogens is 1. The second-order valence-electron chi connectivity index (χ2n) is 3.10. The third kappa shape index (κ3) is 1.39. The van der Waals surface area contributed by atoms with E-state index in [9.17, 15) is 0 Å². The minimum atomic E-state index is -1.51. The summed E-state index contributed by atoms with van der Waals surface area (Å²) < 4.78 is 1.77. The first kappa shape index (κ1) is 9.52. The molecule has 0 fully saturated rings. The smallest absolute Gasteiger partial charge is 0.423 e. The number of hydrogen-bond donors (Lipinski definition) is 2. The van der Waals surface area contributed by atoms with E-state index < -0.39 is 7.12 Å². The normalized spacial score (nSPS) is 10.9. The zero-order chi connectivity index (χ0) is 10.3. The van der Waals surface area contributed by atoms with Crippen molar-refractivity contribution in [3.05, 3.63) is 23.5 Å². The van der Waals surface area contributed by atoms with Crippen LogP contribution in [0.4, 0.5) is 0 Å². The molecule has 0 radical (unpaired) electrons. The van der Waals surface area contributed by atoms with Gasteiger partial charge in [-0.15, -0.1) is 0 Å². The van der Waals surface area contributed by atoms with Crippen LogP contribution in [0.2, 0.25) is 5.02 Å². The van der Waals surface area contributed by atoms with Gasteiger partial charge in [-0.1, -0.05) is 11.6 Å². The lowest BCUT2D eigenvalue weighted by atomic mass is 9.80. The van der Waals surface area contributed by atoms with Gasteiger partial charge in [-0.25, -0.2) is 4.98 Å². The van der Waals surface area contributed by atoms with Crippen LogP contribution in [0, 0.1) is 0 Å². The lowest BCUT2D eigenvalue weighted by Gasteiger charge is -2.02. The number of aryl methyl sites for hydroxylation is 1. The van der Waals surface area contributed by atoms with Crippen molar-refractivity contribution in [2.45, 2.75) is 0 Å². The largest absolute Gasteiger partial charge is 0.488 e. The number of aromatic nitrogens is 2. The van der Waals surface area contributed by atoms with Crippen molar-refractivity contribution in [2.24, 2.45) is 7.05 Å². The van der Waals surface area contributed by atoms with E-state index >= 15 is 0 Å². The Morgan fingerprint density at radius 2 is 2.14 bits per heavy atom. The average Bonchev–Trinajstić information content (AvgIpc) is 2.48. The van der Waals surface area contributed by atoms with E-state index in [1.807, 2.05) is 7.05 Å². The maximum atomic E-state index is 9.00. The molecular formula is C8H8BClN2O2. The second kappa shape index (κ2) is 3.27. The van der Waals surface area contributed by atoms with E-state index in [-0.39, 0.29) is 0 Å². The predicted molar refractivity (Wildman–Crippen MR) is 55.5 cm³/mol. The molecule has 0 aliphatic carbocycles. The SMILES string of the molecule is Cn1cnc2c(Cl)cc(B(O)O)cc21. The predicted octanol–water partition coefficient (Wildman–Crippen LogP) is -0.0935. The van der Waals surface area contributed by atoms with Crippen molar-refractivity contribution in [2.75, 3.05) is 0 Å². The number of benzene rings is 1. The van der Waals surface area contributed by atoms with Gasteiger partial charge in [0.1, 0.15) is 5.52 Å². The Balaban J connectivity index is 2.75. The maximum Gasteiger partial charge on any atom is 0.488 e. The highest BCUT2D eigenvalue weighted by Crippen LogP contribution is 2.19. The fourth-order valence-electron chi connectivity index (χ4n) is 1.36. The van der Waals surface area contributed by atoms with Gasteiger partial charge in [0.15, 0.2) is 0 Å². The number of hydrogen-bond acceptors (Lipinski definition) is 3. The van der Waals surface area contributed by atoms with Crippen LogP contribution < -0.4 is 5.46 Å². The molecule has 1 aromatic heterocycles. The fraction of sp³-hybridized carbons (Fsp3) is 0.125. The minimum Gasteiger partial charge on any atom is -0.423 e. The molecule has 0 aliphatic rings. The lowest BCUT2D eigenvalue weighted by Crippen LogP contribution is -2.29. The molecule has 6 heteroatoms. The van der Waals surface area contributed by atoms with Crippen LogP contribution in [-0.2, 0) is 7.05 Å². The van der Waals surface area contributed by atoms with Crippen LogP contribution in [0.1, 0.15) is 0 Å². The highest BCUT2D eigenvalue weighted by Gasteiger charge is 2.15. The summed E-state index contributed by atoms with van der Waals surface area (Å²) in [5.41, 5.74) is 1.81. The topological polar surface area (TPSA) is 58.3 Å². The van der Waals surface area contributed by atoms with Gasteiger partial charge in [0, 0.05) is 7.05 Å². The molecule has 72 valence electrons. The summed E-state index contributed by atoms with van der Waals surface area (Å²) in [5.74, 6) is 0. The molecule has 4 nitrogen and oxygen atoms in total. The summed E-state index contributed by atoms with van der Waals surface area (Å²) in [7, 11) is 0.311. The number of imidazole rings is 1. The Bertz CT molecular complexity index is 483. The van der Waals surface area contributed by atoms with Gasteiger partial charge in [-0.3, -0.25) is 0 Å². The van der Waals surface area contributed by atoms with Gasteiger partial charge in [0.2, 0.25) is 0 Å². The zero-order valence-electron chi connectivity index (χ0n) is 7.48. The van der Waals surface area contributed by atoms with Crippen molar-refractivity contribution in [1.82, 2.24) is 9.55 Å². The van der Waals surface area contributed by atoms with Crippen molar-refractivity contribution in [3.63, 3.8) is 0 Å². The molecule has 0 bridgehead atoms. The summed E-state index contributed by atoms with van der Waals surface area (Å²) in [4.78, 5) is 4.09. The third-order valence-corrected chi connectivity index (χ3v) is 2.39. The van der Waals surface area contributed by atoms with E-state index in [4.69, 9.17) is 21.6 Å². The molecule has 1 heterocycles. The molecule has 0 amide bonds. The first-order valence-corrected chi connectivity index (χ1v) is 4.44. The monoisotopic (exact) mass is 210 g/mol. The van der Waals surface area contributed by atoms with E-state index in [0.29, 0.717) is 16.0 Å². The summed E-state index contributed by atoms with van der Waals surface area (Å²) in [6.45, 7) is 0. The minimum absolute atomic E-state index is 0.367. The van der Waals surface area contributed by atoms with Gasteiger partial charge in [0.05, 0.1) is 16.9 Å². The average molecular weight is 210 g/mol. The third-order valence-electron chi connectivity index (χ3n) is 2.10. The van der Waals surface area contributed by atoms with Gasteiger partial charge >= 0.3 is 7.12 Å². The van der Waals surface area contributed by atoms with E-state index in [0.717, 1.165) is 5.52 Å². The first-order valence-electron chi connectivity index (χ1n) is 4.06. The Morgan fingerprint density at radius 1 is 1.43 bits per heavy atom. The van der Waals surface area contributed by atoms with Gasteiger partial charge in [-0.05, 0) is 17.6 Å². The van der Waals surface area contributed by atoms with Crippen molar-refractivity contribution in [1.29, 1.82) is 0 Å². The summed E-state index contributed by atoms with van der Waals surface area (Å²) in [6.07, 6.45) is 1.63. The quantitative estimate of drug-likeness (QED) is 0.647.